The summed E-state index contributed by atoms with van der Waals surface area (Å²) in [6, 6.07) is 15.2. The molecule has 2 aliphatic heterocycles. The lowest BCUT2D eigenvalue weighted by molar-refractivity contribution is -0.137. The molecule has 3 aromatic heterocycles. The number of fused-ring (bicyclic) bond motifs is 2. The average molecular weight is 642 g/mol. The van der Waals surface area contributed by atoms with Gasteiger partial charge in [-0.15, -0.1) is 11.3 Å². The standard InChI is InChI=1S/C34H30F3N7OS/c1-22-30(39-21-46-22)13-6-24-17-25-18-38-33(40-27-9-11-28(12-10-27)43-16-15-42-14-2-3-29(42)20-43)41-31(25)44(32(24)45)19-23-4-7-26(8-5-23)34(35,36)37/h4-5,7-12,17-18,21,29H,2-3,14-16,19-20H2,1H3,(H,38,40,41). The number of hydrogen-bond donors (Lipinski definition) is 1. The summed E-state index contributed by atoms with van der Waals surface area (Å²) < 4.78 is 41.0. The molecule has 7 rings (SSSR count). The van der Waals surface area contributed by atoms with Crippen molar-refractivity contribution in [1.29, 1.82) is 0 Å². The maximum atomic E-state index is 13.8. The van der Waals surface area contributed by atoms with Gasteiger partial charge >= 0.3 is 6.18 Å². The number of pyridine rings is 1. The number of halogens is 3. The fourth-order valence-corrected chi connectivity index (χ4v) is 6.63. The van der Waals surface area contributed by atoms with Crippen LogP contribution in [-0.2, 0) is 12.7 Å². The lowest BCUT2D eigenvalue weighted by atomic mass is 10.1. The van der Waals surface area contributed by atoms with Gasteiger partial charge in [0.15, 0.2) is 0 Å². The van der Waals surface area contributed by atoms with Crippen LogP contribution in [0.5, 0.6) is 0 Å². The first-order valence-electron chi connectivity index (χ1n) is 15.1. The van der Waals surface area contributed by atoms with Crippen molar-refractivity contribution >= 4 is 39.7 Å². The number of aromatic nitrogens is 4. The minimum Gasteiger partial charge on any atom is -0.369 e. The molecule has 8 nitrogen and oxygen atoms in total. The molecule has 2 fully saturated rings. The van der Waals surface area contributed by atoms with Crippen LogP contribution in [0.4, 0.5) is 30.5 Å². The van der Waals surface area contributed by atoms with Crippen LogP contribution in [0.1, 0.15) is 40.1 Å². The number of nitrogens with one attached hydrogen (secondary N) is 1. The Balaban J connectivity index is 1.19. The highest BCUT2D eigenvalue weighted by Crippen LogP contribution is 2.30. The van der Waals surface area contributed by atoms with Crippen molar-refractivity contribution < 1.29 is 13.2 Å². The van der Waals surface area contributed by atoms with Gasteiger partial charge in [0, 0.05) is 53.5 Å². The van der Waals surface area contributed by atoms with Crippen LogP contribution < -0.4 is 15.8 Å². The largest absolute Gasteiger partial charge is 0.416 e. The Hall–Kier alpha value is -4.73. The van der Waals surface area contributed by atoms with Crippen LogP contribution in [0.2, 0.25) is 0 Å². The topological polar surface area (TPSA) is 79.2 Å². The van der Waals surface area contributed by atoms with Gasteiger partial charge in [0.1, 0.15) is 11.3 Å². The molecule has 46 heavy (non-hydrogen) atoms. The van der Waals surface area contributed by atoms with E-state index in [2.05, 4.69) is 54.0 Å². The summed E-state index contributed by atoms with van der Waals surface area (Å²) in [4.78, 5) is 33.1. The first-order chi connectivity index (χ1) is 22.2. The van der Waals surface area contributed by atoms with Gasteiger partial charge < -0.3 is 10.2 Å². The highest BCUT2D eigenvalue weighted by Gasteiger charge is 2.31. The van der Waals surface area contributed by atoms with E-state index in [4.69, 9.17) is 0 Å². The normalized spacial score (nSPS) is 16.7. The van der Waals surface area contributed by atoms with Crippen LogP contribution in [-0.4, -0.2) is 56.6 Å². The van der Waals surface area contributed by atoms with E-state index in [1.165, 1.54) is 53.1 Å². The molecule has 5 heterocycles. The molecule has 0 bridgehead atoms. The molecule has 0 spiro atoms. The summed E-state index contributed by atoms with van der Waals surface area (Å²) in [6.45, 7) is 6.22. The first-order valence-corrected chi connectivity index (χ1v) is 15.9. The van der Waals surface area contributed by atoms with Crippen molar-refractivity contribution in [3.05, 3.63) is 104 Å². The third-order valence-electron chi connectivity index (χ3n) is 8.59. The third kappa shape index (κ3) is 6.21. The molecule has 2 aliphatic rings. The Morgan fingerprint density at radius 3 is 2.57 bits per heavy atom. The molecule has 1 atom stereocenters. The minimum absolute atomic E-state index is 0.00186. The van der Waals surface area contributed by atoms with Crippen molar-refractivity contribution in [2.75, 3.05) is 36.4 Å². The fraction of sp³-hybridized carbons (Fsp3) is 0.294. The van der Waals surface area contributed by atoms with E-state index >= 15 is 0 Å². The zero-order chi connectivity index (χ0) is 31.8. The van der Waals surface area contributed by atoms with E-state index in [-0.39, 0.29) is 18.1 Å². The fourth-order valence-electron chi connectivity index (χ4n) is 6.10. The van der Waals surface area contributed by atoms with E-state index in [0.29, 0.717) is 28.3 Å². The molecular weight excluding hydrogens is 611 g/mol. The molecule has 2 saturated heterocycles. The summed E-state index contributed by atoms with van der Waals surface area (Å²) in [5.74, 6) is 6.19. The number of hydrogen-bond acceptors (Lipinski definition) is 8. The molecule has 0 amide bonds. The van der Waals surface area contributed by atoms with Crippen LogP contribution in [0, 0.1) is 18.8 Å². The second-order valence-corrected chi connectivity index (χ2v) is 12.6. The quantitative estimate of drug-likeness (QED) is 0.234. The van der Waals surface area contributed by atoms with Crippen LogP contribution in [0.25, 0.3) is 11.0 Å². The Labute approximate surface area is 267 Å². The second kappa shape index (κ2) is 12.2. The number of alkyl halides is 3. The monoisotopic (exact) mass is 641 g/mol. The number of thiazole rings is 1. The van der Waals surface area contributed by atoms with E-state index in [9.17, 15) is 18.0 Å². The number of piperazine rings is 1. The van der Waals surface area contributed by atoms with Gasteiger partial charge in [-0.2, -0.15) is 18.2 Å². The van der Waals surface area contributed by atoms with Crippen LogP contribution in [0.15, 0.2) is 71.1 Å². The first kappa shape index (κ1) is 30.0. The molecule has 2 aromatic carbocycles. The molecule has 1 unspecified atom stereocenters. The molecule has 12 heteroatoms. The Bertz CT molecular complexity index is 2010. The number of anilines is 3. The summed E-state index contributed by atoms with van der Waals surface area (Å²) in [7, 11) is 0. The summed E-state index contributed by atoms with van der Waals surface area (Å²) in [5, 5.41) is 3.81. The van der Waals surface area contributed by atoms with Gasteiger partial charge in [0.2, 0.25) is 5.95 Å². The number of aryl methyl sites for hydroxylation is 1. The predicted octanol–water partition coefficient (Wildman–Crippen LogP) is 6.05. The highest BCUT2D eigenvalue weighted by atomic mass is 32.1. The van der Waals surface area contributed by atoms with E-state index < -0.39 is 17.3 Å². The number of rotatable bonds is 5. The maximum absolute atomic E-state index is 13.8. The summed E-state index contributed by atoms with van der Waals surface area (Å²) in [5.41, 5.74) is 4.13. The SMILES string of the molecule is Cc1scnc1C#Cc1cc2cnc(Nc3ccc(N4CCN5CCCC5C4)cc3)nc2n(Cc2ccc(C(F)(F)F)cc2)c1=O. The Morgan fingerprint density at radius 1 is 1.02 bits per heavy atom. The lowest BCUT2D eigenvalue weighted by Crippen LogP contribution is -2.50. The second-order valence-electron chi connectivity index (χ2n) is 11.6. The van der Waals surface area contributed by atoms with Crippen molar-refractivity contribution in [1.82, 2.24) is 24.4 Å². The minimum atomic E-state index is -4.46. The van der Waals surface area contributed by atoms with Crippen molar-refractivity contribution in [2.24, 2.45) is 0 Å². The van der Waals surface area contributed by atoms with Gasteiger partial charge in [-0.1, -0.05) is 18.1 Å². The van der Waals surface area contributed by atoms with Crippen molar-refractivity contribution in [2.45, 2.75) is 38.5 Å². The highest BCUT2D eigenvalue weighted by molar-refractivity contribution is 7.09. The van der Waals surface area contributed by atoms with Crippen molar-refractivity contribution in [3.63, 3.8) is 0 Å². The zero-order valence-electron chi connectivity index (χ0n) is 25.0. The van der Waals surface area contributed by atoms with E-state index in [1.54, 1.807) is 17.8 Å². The molecule has 1 N–H and O–H groups in total. The molecule has 5 aromatic rings. The summed E-state index contributed by atoms with van der Waals surface area (Å²) in [6.07, 6.45) is -0.324. The lowest BCUT2D eigenvalue weighted by Gasteiger charge is -2.38. The Morgan fingerprint density at radius 2 is 1.83 bits per heavy atom. The molecule has 234 valence electrons. The van der Waals surface area contributed by atoms with Gasteiger partial charge in [0.25, 0.3) is 5.56 Å². The smallest absolute Gasteiger partial charge is 0.369 e. The average Bonchev–Trinajstić information content (AvgIpc) is 3.70. The van der Waals surface area contributed by atoms with E-state index in [0.717, 1.165) is 42.3 Å². The number of benzene rings is 2. The van der Waals surface area contributed by atoms with Gasteiger partial charge in [0.05, 0.1) is 23.2 Å². The van der Waals surface area contributed by atoms with Crippen molar-refractivity contribution in [3.8, 4) is 11.8 Å². The van der Waals surface area contributed by atoms with E-state index in [1.807, 2.05) is 19.1 Å². The summed E-state index contributed by atoms with van der Waals surface area (Å²) >= 11 is 1.46. The van der Waals surface area contributed by atoms with Crippen LogP contribution in [0.3, 0.4) is 0 Å². The Kier molecular flexibility index (Phi) is 7.96. The zero-order valence-corrected chi connectivity index (χ0v) is 25.8. The van der Waals surface area contributed by atoms with Gasteiger partial charge in [-0.05, 0) is 80.3 Å². The van der Waals surface area contributed by atoms with Gasteiger partial charge in [-0.3, -0.25) is 14.3 Å². The molecular formula is C34H30F3N7OS. The number of nitrogens with zero attached hydrogens (tertiary/aromatic N) is 6. The predicted molar refractivity (Wildman–Crippen MR) is 174 cm³/mol. The molecule has 0 saturated carbocycles. The third-order valence-corrected chi connectivity index (χ3v) is 9.34. The molecule has 0 radical (unpaired) electrons. The molecule has 0 aliphatic carbocycles. The van der Waals surface area contributed by atoms with Gasteiger partial charge in [-0.25, -0.2) is 9.97 Å². The van der Waals surface area contributed by atoms with Crippen LogP contribution >= 0.6 is 11.3 Å². The maximum Gasteiger partial charge on any atom is 0.416 e.